The van der Waals surface area contributed by atoms with E-state index in [2.05, 4.69) is 39.8 Å². The van der Waals surface area contributed by atoms with Crippen LogP contribution in [-0.4, -0.2) is 114 Å². The Labute approximate surface area is 407 Å². The quantitative estimate of drug-likeness (QED) is 0.0120. The first-order valence-electron chi connectivity index (χ1n) is 24.7. The van der Waals surface area contributed by atoms with Crippen LogP contribution < -0.4 is 5.73 Å². The lowest BCUT2D eigenvalue weighted by atomic mass is 10.0. The molecule has 5 atom stereocenters. The van der Waals surface area contributed by atoms with Crippen molar-refractivity contribution in [3.8, 4) is 0 Å². The lowest BCUT2D eigenvalue weighted by Crippen LogP contribution is -2.39. The number of carbonyl (C=O) groups excluding carboxylic acids is 2. The molecule has 0 fully saturated rings. The van der Waals surface area contributed by atoms with Gasteiger partial charge in [-0.25, -0.2) is 4.57 Å². The number of likely N-dealkylation sites (N-methyl/N-ethyl adjacent to an activating group) is 1. The summed E-state index contributed by atoms with van der Waals surface area (Å²) < 4.78 is 40.7. The summed E-state index contributed by atoms with van der Waals surface area (Å²) in [5.74, 6) is -0.0650. The molecular weight excluding hydrogens is 896 g/mol. The molecule has 0 aliphatic carbocycles. The molecular formula is C51H88N2O12PS+. The van der Waals surface area contributed by atoms with Crippen molar-refractivity contribution in [3.63, 3.8) is 0 Å². The summed E-state index contributed by atoms with van der Waals surface area (Å²) >= 11 is 1.22. The normalized spacial score (nSPS) is 15.1. The smallest absolute Gasteiger partial charge is 0.472 e. The molecule has 5 N–H and O–H groups in total. The van der Waals surface area contributed by atoms with Crippen molar-refractivity contribution in [2.75, 3.05) is 53.3 Å². The van der Waals surface area contributed by atoms with Crippen molar-refractivity contribution in [1.82, 2.24) is 0 Å². The van der Waals surface area contributed by atoms with E-state index in [1.807, 2.05) is 45.4 Å². The van der Waals surface area contributed by atoms with Crippen LogP contribution in [0.25, 0.3) is 0 Å². The van der Waals surface area contributed by atoms with E-state index in [1.165, 1.54) is 55.0 Å². The highest BCUT2D eigenvalue weighted by molar-refractivity contribution is 8.00. The second-order valence-corrected chi connectivity index (χ2v) is 21.0. The number of hydrogen-bond acceptors (Lipinski definition) is 12. The fourth-order valence-electron chi connectivity index (χ4n) is 6.75. The van der Waals surface area contributed by atoms with Crippen molar-refractivity contribution >= 4 is 37.5 Å². The summed E-state index contributed by atoms with van der Waals surface area (Å²) in [7, 11) is 1.18. The number of aliphatic hydroxyl groups is 1. The second kappa shape index (κ2) is 36.9. The van der Waals surface area contributed by atoms with Crippen molar-refractivity contribution < 1.29 is 61.5 Å². The Balaban J connectivity index is 2.77. The predicted octanol–water partition coefficient (Wildman–Crippen LogP) is 10.4. The fourth-order valence-corrected chi connectivity index (χ4v) is 8.62. The zero-order valence-corrected chi connectivity index (χ0v) is 43.7. The van der Waals surface area contributed by atoms with Crippen molar-refractivity contribution in [3.05, 3.63) is 71.3 Å². The number of nitrogens with zero attached hydrogens (tertiary/aromatic N) is 1. The molecule has 0 bridgehead atoms. The van der Waals surface area contributed by atoms with E-state index < -0.39 is 62.4 Å². The Morgan fingerprint density at radius 3 is 2.07 bits per heavy atom. The van der Waals surface area contributed by atoms with E-state index in [0.717, 1.165) is 75.7 Å². The monoisotopic (exact) mass is 984 g/mol. The van der Waals surface area contributed by atoms with Crippen LogP contribution >= 0.6 is 19.6 Å². The predicted molar refractivity (Wildman–Crippen MR) is 270 cm³/mol. The number of esters is 2. The maximum Gasteiger partial charge on any atom is 0.472 e. The summed E-state index contributed by atoms with van der Waals surface area (Å²) in [6.07, 6.45) is 30.4. The van der Waals surface area contributed by atoms with E-state index in [0.29, 0.717) is 17.4 Å². The van der Waals surface area contributed by atoms with Crippen LogP contribution in [0, 0.1) is 13.8 Å². The van der Waals surface area contributed by atoms with Gasteiger partial charge in [-0.05, 0) is 76.3 Å². The van der Waals surface area contributed by atoms with Crippen molar-refractivity contribution in [1.29, 1.82) is 0 Å². The van der Waals surface area contributed by atoms with Crippen LogP contribution in [0.3, 0.4) is 0 Å². The molecule has 0 aromatic carbocycles. The van der Waals surface area contributed by atoms with E-state index in [9.17, 15) is 28.9 Å². The molecule has 1 heterocycles. The number of phosphoric ester groups is 1. The van der Waals surface area contributed by atoms with Crippen LogP contribution in [0.5, 0.6) is 0 Å². The molecule has 1 aromatic heterocycles. The molecule has 0 radical (unpaired) electrons. The van der Waals surface area contributed by atoms with Crippen LogP contribution in [0.4, 0.5) is 0 Å². The Kier molecular flexibility index (Phi) is 34.2. The van der Waals surface area contributed by atoms with Gasteiger partial charge in [0.2, 0.25) is 0 Å². The van der Waals surface area contributed by atoms with Gasteiger partial charge in [-0.2, -0.15) is 0 Å². The van der Waals surface area contributed by atoms with E-state index in [-0.39, 0.29) is 38.0 Å². The molecule has 1 unspecified atom stereocenters. The van der Waals surface area contributed by atoms with Gasteiger partial charge in [-0.1, -0.05) is 114 Å². The molecule has 384 valence electrons. The molecule has 14 nitrogen and oxygen atoms in total. The molecule has 0 saturated carbocycles. The van der Waals surface area contributed by atoms with Crippen LogP contribution in [0.15, 0.2) is 53.0 Å². The fraction of sp³-hybridized carbons (Fsp3) is 0.706. The first-order chi connectivity index (χ1) is 31.9. The number of thioether (sulfide) groups is 1. The zero-order chi connectivity index (χ0) is 49.9. The highest BCUT2D eigenvalue weighted by atomic mass is 32.2. The molecule has 16 heteroatoms. The lowest BCUT2D eigenvalue weighted by Gasteiger charge is -2.24. The lowest BCUT2D eigenvalue weighted by molar-refractivity contribution is -0.870. The first kappa shape index (κ1) is 62.0. The Bertz CT molecular complexity index is 1690. The van der Waals surface area contributed by atoms with Gasteiger partial charge in [-0.15, -0.1) is 11.8 Å². The number of phosphoric acid groups is 1. The number of aliphatic hydroxyl groups excluding tert-OH is 1. The first-order valence-corrected chi connectivity index (χ1v) is 27.2. The minimum atomic E-state index is -4.53. The number of ether oxygens (including phenoxy) is 2. The van der Waals surface area contributed by atoms with Gasteiger partial charge in [-0.3, -0.25) is 23.4 Å². The molecule has 67 heavy (non-hydrogen) atoms. The van der Waals surface area contributed by atoms with Gasteiger partial charge < -0.3 is 39.2 Å². The third-order valence-corrected chi connectivity index (χ3v) is 13.5. The number of aliphatic carboxylic acids is 1. The van der Waals surface area contributed by atoms with Crippen LogP contribution in [0.1, 0.15) is 152 Å². The summed E-state index contributed by atoms with van der Waals surface area (Å²) in [4.78, 5) is 47.5. The standard InChI is InChI=1S/C51H87N2O12PS/c1-8-10-12-13-14-15-16-17-18-19-23-27-33-48(45(54)30-29-34-49(55)56)67-40-44(52)51(58)61-38-43(39-63-66(59,60)62-37-36-53(5,6)7)64-50(57)35-28-24-21-20-22-26-32-47-42(4)41(3)46(65-47)31-25-11-9-2/h14-15,17-19,23,27,33,43-45,48,54H,8-13,16,20-22,24-26,28-32,34-40,52H2,1-7H3,(H-,55,56,59,60)/p+1/b15-14-,18-17-,23-19+,33-27+/t43-,44+,45+,48-/m1/s1. The maximum atomic E-state index is 13.1. The minimum absolute atomic E-state index is 0.0488. The number of unbranched alkanes of at least 4 members (excludes halogenated alkanes) is 10. The molecule has 0 aliphatic heterocycles. The topological polar surface area (TPSA) is 205 Å². The summed E-state index contributed by atoms with van der Waals surface area (Å²) in [6, 6.07) is -1.14. The van der Waals surface area contributed by atoms with Gasteiger partial charge >= 0.3 is 25.7 Å². The molecule has 1 aromatic rings. The Hall–Kier alpha value is -3.01. The molecule has 0 aliphatic rings. The van der Waals surface area contributed by atoms with Crippen molar-refractivity contribution in [2.24, 2.45) is 5.73 Å². The highest BCUT2D eigenvalue weighted by Crippen LogP contribution is 2.43. The third kappa shape index (κ3) is 32.4. The highest BCUT2D eigenvalue weighted by Gasteiger charge is 2.28. The number of furan rings is 1. The molecule has 0 amide bonds. The average molecular weight is 984 g/mol. The molecule has 1 rings (SSSR count). The average Bonchev–Trinajstić information content (AvgIpc) is 3.53. The summed E-state index contributed by atoms with van der Waals surface area (Å²) in [6.45, 7) is 8.01. The zero-order valence-electron chi connectivity index (χ0n) is 42.0. The van der Waals surface area contributed by atoms with Crippen molar-refractivity contribution in [2.45, 2.75) is 180 Å². The van der Waals surface area contributed by atoms with Gasteiger partial charge in [0.25, 0.3) is 0 Å². The van der Waals surface area contributed by atoms with Crippen LogP contribution in [0.2, 0.25) is 0 Å². The largest absolute Gasteiger partial charge is 0.481 e. The third-order valence-electron chi connectivity index (χ3n) is 11.1. The SMILES string of the molecule is CCCCC/C=C\C\C=C/C=C/C=C/[C@@H](SC[C@H](N)C(=O)OC[C@H](COP(=O)(O)OCC[N+](C)(C)C)OC(=O)CCCCCCCCc1oc(CCCCC)c(C)c1C)[C@@H](O)CCCC(=O)O. The van der Waals surface area contributed by atoms with Crippen LogP contribution in [-0.2, 0) is 50.3 Å². The maximum absolute atomic E-state index is 13.1. The Morgan fingerprint density at radius 1 is 0.791 bits per heavy atom. The minimum Gasteiger partial charge on any atom is -0.481 e. The van der Waals surface area contributed by atoms with Gasteiger partial charge in [0.1, 0.15) is 37.3 Å². The number of aryl methyl sites for hydroxylation is 2. The number of allylic oxidation sites excluding steroid dienone is 7. The second-order valence-electron chi connectivity index (χ2n) is 18.3. The van der Waals surface area contributed by atoms with Gasteiger partial charge in [0.05, 0.1) is 33.9 Å². The number of carboxylic acid groups (broad SMARTS) is 1. The van der Waals surface area contributed by atoms with E-state index in [4.69, 9.17) is 33.8 Å². The number of nitrogens with two attached hydrogens (primary N) is 1. The number of rotatable bonds is 41. The number of quaternary nitrogens is 1. The van der Waals surface area contributed by atoms with E-state index >= 15 is 0 Å². The van der Waals surface area contributed by atoms with E-state index in [1.54, 1.807) is 12.2 Å². The Morgan fingerprint density at radius 2 is 1.42 bits per heavy atom. The van der Waals surface area contributed by atoms with Gasteiger partial charge in [0.15, 0.2) is 6.10 Å². The summed E-state index contributed by atoms with van der Waals surface area (Å²) in [5, 5.41) is 19.5. The summed E-state index contributed by atoms with van der Waals surface area (Å²) in [5.41, 5.74) is 8.77. The number of carbonyl (C=O) groups is 3. The number of carboxylic acids is 1. The molecule has 0 saturated heterocycles. The van der Waals surface area contributed by atoms with Gasteiger partial charge in [0, 0.05) is 36.7 Å². The number of hydrogen-bond donors (Lipinski definition) is 4. The molecule has 0 spiro atoms.